The predicted molar refractivity (Wildman–Crippen MR) is 83.3 cm³/mol. The highest BCUT2D eigenvalue weighted by Gasteiger charge is 2.24. The van der Waals surface area contributed by atoms with E-state index in [0.29, 0.717) is 24.8 Å². The van der Waals surface area contributed by atoms with Crippen molar-refractivity contribution in [3.63, 3.8) is 0 Å². The summed E-state index contributed by atoms with van der Waals surface area (Å²) < 4.78 is 31.9. The zero-order valence-corrected chi connectivity index (χ0v) is 13.9. The molecule has 1 atom stereocenters. The number of sulfonamides is 1. The number of hydrogen-bond acceptors (Lipinski definition) is 4. The second-order valence-electron chi connectivity index (χ2n) is 5.12. The Labute approximate surface area is 135 Å². The van der Waals surface area contributed by atoms with Crippen LogP contribution in [-0.2, 0) is 19.6 Å². The van der Waals surface area contributed by atoms with E-state index in [4.69, 9.17) is 16.3 Å². The Morgan fingerprint density at radius 2 is 2.05 bits per heavy atom. The van der Waals surface area contributed by atoms with E-state index in [9.17, 15) is 13.2 Å². The first-order chi connectivity index (χ1) is 10.4. The van der Waals surface area contributed by atoms with E-state index in [0.717, 1.165) is 6.42 Å². The van der Waals surface area contributed by atoms with Crippen LogP contribution in [-0.4, -0.2) is 51.6 Å². The van der Waals surface area contributed by atoms with Crippen molar-refractivity contribution < 1.29 is 17.9 Å². The summed E-state index contributed by atoms with van der Waals surface area (Å²) in [5.41, 5.74) is 0. The van der Waals surface area contributed by atoms with Crippen LogP contribution in [0, 0.1) is 0 Å². The molecule has 1 amide bonds. The van der Waals surface area contributed by atoms with Crippen LogP contribution in [0.5, 0.6) is 0 Å². The van der Waals surface area contributed by atoms with Crippen LogP contribution in [0.1, 0.15) is 13.3 Å². The van der Waals surface area contributed by atoms with Crippen LogP contribution in [0.25, 0.3) is 0 Å². The van der Waals surface area contributed by atoms with Gasteiger partial charge in [0, 0.05) is 24.2 Å². The van der Waals surface area contributed by atoms with Crippen LogP contribution in [0.15, 0.2) is 29.2 Å². The van der Waals surface area contributed by atoms with Crippen molar-refractivity contribution in [1.29, 1.82) is 0 Å². The van der Waals surface area contributed by atoms with Gasteiger partial charge in [0.25, 0.3) is 0 Å². The van der Waals surface area contributed by atoms with E-state index in [1.165, 1.54) is 24.3 Å². The molecule has 1 N–H and O–H groups in total. The van der Waals surface area contributed by atoms with Crippen LogP contribution < -0.4 is 4.72 Å². The molecule has 0 aliphatic carbocycles. The summed E-state index contributed by atoms with van der Waals surface area (Å²) in [6.45, 7) is 3.22. The molecule has 122 valence electrons. The molecule has 0 saturated carbocycles. The third-order valence-corrected chi connectivity index (χ3v) is 5.22. The van der Waals surface area contributed by atoms with E-state index in [2.05, 4.69) is 4.72 Å². The van der Waals surface area contributed by atoms with E-state index in [1.807, 2.05) is 6.92 Å². The third kappa shape index (κ3) is 4.42. The number of rotatable bonds is 4. The van der Waals surface area contributed by atoms with E-state index < -0.39 is 10.0 Å². The number of carbonyl (C=O) groups excluding carboxylic acids is 1. The largest absolute Gasteiger partial charge is 0.380 e. The molecule has 22 heavy (non-hydrogen) atoms. The number of benzene rings is 1. The monoisotopic (exact) mass is 346 g/mol. The Kier molecular flexibility index (Phi) is 5.80. The Balaban J connectivity index is 1.98. The number of halogens is 1. The van der Waals surface area contributed by atoms with Crippen molar-refractivity contribution in [1.82, 2.24) is 9.62 Å². The second kappa shape index (κ2) is 7.41. The Morgan fingerprint density at radius 3 is 2.73 bits per heavy atom. The predicted octanol–water partition coefficient (Wildman–Crippen LogP) is 1.26. The number of ether oxygens (including phenoxy) is 1. The van der Waals surface area contributed by atoms with Gasteiger partial charge in [0.1, 0.15) is 0 Å². The molecule has 1 saturated heterocycles. The van der Waals surface area contributed by atoms with Gasteiger partial charge in [-0.05, 0) is 37.6 Å². The number of nitrogens with zero attached hydrogens (tertiary/aromatic N) is 1. The first-order valence-corrected chi connectivity index (χ1v) is 8.89. The Morgan fingerprint density at radius 1 is 1.36 bits per heavy atom. The van der Waals surface area contributed by atoms with E-state index in [-0.39, 0.29) is 23.4 Å². The van der Waals surface area contributed by atoms with Crippen molar-refractivity contribution in [2.45, 2.75) is 24.3 Å². The maximum Gasteiger partial charge on any atom is 0.241 e. The minimum Gasteiger partial charge on any atom is -0.380 e. The van der Waals surface area contributed by atoms with Crippen molar-refractivity contribution in [2.75, 3.05) is 26.3 Å². The molecular formula is C14H19ClN2O4S. The molecule has 1 aromatic carbocycles. The van der Waals surface area contributed by atoms with Crippen LogP contribution in [0.2, 0.25) is 5.02 Å². The molecule has 1 unspecified atom stereocenters. The molecule has 0 aromatic heterocycles. The summed E-state index contributed by atoms with van der Waals surface area (Å²) in [6, 6.07) is 5.82. The summed E-state index contributed by atoms with van der Waals surface area (Å²) in [6.07, 6.45) is 0.746. The molecular weight excluding hydrogens is 328 g/mol. The third-order valence-electron chi connectivity index (χ3n) is 3.55. The minimum absolute atomic E-state index is 0.0371. The van der Waals surface area contributed by atoms with Gasteiger partial charge in [-0.2, -0.15) is 0 Å². The highest BCUT2D eigenvalue weighted by atomic mass is 35.5. The number of nitrogens with one attached hydrogen (secondary N) is 1. The molecule has 1 heterocycles. The van der Waals surface area contributed by atoms with Crippen LogP contribution in [0.3, 0.4) is 0 Å². The van der Waals surface area contributed by atoms with Gasteiger partial charge in [-0.1, -0.05) is 11.6 Å². The van der Waals surface area contributed by atoms with Gasteiger partial charge in [0.05, 0.1) is 18.0 Å². The second-order valence-corrected chi connectivity index (χ2v) is 7.32. The molecule has 0 spiro atoms. The summed E-state index contributed by atoms with van der Waals surface area (Å²) in [5.74, 6) is -0.254. The molecule has 1 aliphatic rings. The first-order valence-electron chi connectivity index (χ1n) is 7.02. The summed E-state index contributed by atoms with van der Waals surface area (Å²) in [4.78, 5) is 13.9. The summed E-state index contributed by atoms with van der Waals surface area (Å²) >= 11 is 5.73. The lowest BCUT2D eigenvalue weighted by Gasteiger charge is -2.26. The quantitative estimate of drug-likeness (QED) is 0.890. The number of amides is 1. The molecule has 1 fully saturated rings. The minimum atomic E-state index is -3.72. The fourth-order valence-electron chi connectivity index (χ4n) is 2.22. The van der Waals surface area contributed by atoms with Crippen molar-refractivity contribution in [2.24, 2.45) is 0 Å². The van der Waals surface area contributed by atoms with Crippen LogP contribution >= 0.6 is 11.6 Å². The molecule has 0 bridgehead atoms. The fourth-order valence-corrected chi connectivity index (χ4v) is 3.32. The van der Waals surface area contributed by atoms with Crippen molar-refractivity contribution >= 4 is 27.5 Å². The standard InChI is InChI=1S/C14H19ClN2O4S/c1-11-6-8-21-9-7-17(11)14(18)10-16-22(19,20)13-4-2-12(15)3-5-13/h2-5,11,16H,6-10H2,1H3. The maximum absolute atomic E-state index is 12.2. The van der Waals surface area contributed by atoms with E-state index >= 15 is 0 Å². The Hall–Kier alpha value is -1.15. The van der Waals surface area contributed by atoms with Gasteiger partial charge in [-0.25, -0.2) is 13.1 Å². The van der Waals surface area contributed by atoms with Crippen molar-refractivity contribution in [3.8, 4) is 0 Å². The SMILES string of the molecule is CC1CCOCCN1C(=O)CNS(=O)(=O)c1ccc(Cl)cc1. The van der Waals surface area contributed by atoms with Gasteiger partial charge in [0.15, 0.2) is 0 Å². The average Bonchev–Trinajstić information content (AvgIpc) is 2.70. The lowest BCUT2D eigenvalue weighted by Crippen LogP contribution is -2.45. The highest BCUT2D eigenvalue weighted by Crippen LogP contribution is 2.14. The van der Waals surface area contributed by atoms with Gasteiger partial charge in [-0.3, -0.25) is 4.79 Å². The first kappa shape index (κ1) is 17.2. The van der Waals surface area contributed by atoms with Gasteiger partial charge < -0.3 is 9.64 Å². The molecule has 0 radical (unpaired) electrons. The summed E-state index contributed by atoms with van der Waals surface area (Å²) in [7, 11) is -3.72. The number of hydrogen-bond donors (Lipinski definition) is 1. The molecule has 1 aromatic rings. The zero-order chi connectivity index (χ0) is 16.2. The smallest absolute Gasteiger partial charge is 0.241 e. The molecule has 1 aliphatic heterocycles. The van der Waals surface area contributed by atoms with Crippen LogP contribution in [0.4, 0.5) is 0 Å². The zero-order valence-electron chi connectivity index (χ0n) is 12.3. The summed E-state index contributed by atoms with van der Waals surface area (Å²) in [5, 5.41) is 0.452. The normalized spacial score (nSPS) is 19.7. The fraction of sp³-hybridized carbons (Fsp3) is 0.500. The highest BCUT2D eigenvalue weighted by molar-refractivity contribution is 7.89. The van der Waals surface area contributed by atoms with E-state index in [1.54, 1.807) is 4.90 Å². The average molecular weight is 347 g/mol. The molecule has 6 nitrogen and oxygen atoms in total. The molecule has 2 rings (SSSR count). The lowest BCUT2D eigenvalue weighted by molar-refractivity contribution is -0.131. The van der Waals surface area contributed by atoms with Gasteiger partial charge in [-0.15, -0.1) is 0 Å². The number of carbonyl (C=O) groups is 1. The van der Waals surface area contributed by atoms with Crippen molar-refractivity contribution in [3.05, 3.63) is 29.3 Å². The van der Waals surface area contributed by atoms with Gasteiger partial charge >= 0.3 is 0 Å². The maximum atomic E-state index is 12.2. The Bertz CT molecular complexity index is 618. The molecule has 8 heteroatoms. The lowest BCUT2D eigenvalue weighted by atomic mass is 10.2. The van der Waals surface area contributed by atoms with Gasteiger partial charge in [0.2, 0.25) is 15.9 Å². The topological polar surface area (TPSA) is 75.7 Å².